The Hall–Kier alpha value is -2.89. The number of anilines is 1. The third-order valence-electron chi connectivity index (χ3n) is 4.69. The Morgan fingerprint density at radius 2 is 2.08 bits per heavy atom. The van der Waals surface area contributed by atoms with Gasteiger partial charge in [-0.2, -0.15) is 0 Å². The first kappa shape index (κ1) is 17.9. The maximum absolute atomic E-state index is 12.5. The van der Waals surface area contributed by atoms with Crippen LogP contribution in [0.2, 0.25) is 0 Å². The van der Waals surface area contributed by atoms with Gasteiger partial charge in [-0.1, -0.05) is 25.5 Å². The zero-order chi connectivity index (χ0) is 18.7. The SMILES string of the molecule is C=CCN1C(=O)NC(=O)/C(=C\c2ccc3c(c2)CCN3CCCC)C1=O. The highest BCUT2D eigenvalue weighted by molar-refractivity contribution is 6.31. The molecule has 4 amide bonds. The summed E-state index contributed by atoms with van der Waals surface area (Å²) in [5.41, 5.74) is 3.20. The molecule has 136 valence electrons. The Bertz CT molecular complexity index is 797. The van der Waals surface area contributed by atoms with E-state index in [9.17, 15) is 14.4 Å². The van der Waals surface area contributed by atoms with Gasteiger partial charge in [0.15, 0.2) is 0 Å². The average molecular weight is 353 g/mol. The lowest BCUT2D eigenvalue weighted by atomic mass is 10.0. The zero-order valence-electron chi connectivity index (χ0n) is 15.0. The number of hydrogen-bond donors (Lipinski definition) is 1. The fourth-order valence-corrected chi connectivity index (χ4v) is 3.32. The molecule has 2 aliphatic rings. The Kier molecular flexibility index (Phi) is 5.21. The Balaban J connectivity index is 1.85. The van der Waals surface area contributed by atoms with Gasteiger partial charge in [-0.25, -0.2) is 4.79 Å². The third kappa shape index (κ3) is 3.40. The molecule has 6 heteroatoms. The van der Waals surface area contributed by atoms with E-state index < -0.39 is 17.8 Å². The van der Waals surface area contributed by atoms with E-state index >= 15 is 0 Å². The molecule has 0 atom stereocenters. The van der Waals surface area contributed by atoms with E-state index in [1.54, 1.807) is 6.08 Å². The molecule has 0 aromatic heterocycles. The van der Waals surface area contributed by atoms with Crippen LogP contribution in [0.5, 0.6) is 0 Å². The molecule has 1 aromatic carbocycles. The molecule has 1 N–H and O–H groups in total. The smallest absolute Gasteiger partial charge is 0.331 e. The molecule has 0 bridgehead atoms. The molecule has 1 aromatic rings. The van der Waals surface area contributed by atoms with Crippen LogP contribution in [0, 0.1) is 0 Å². The molecule has 0 aliphatic carbocycles. The van der Waals surface area contributed by atoms with Crippen molar-refractivity contribution >= 4 is 29.6 Å². The van der Waals surface area contributed by atoms with Crippen molar-refractivity contribution in [1.82, 2.24) is 10.2 Å². The van der Waals surface area contributed by atoms with Crippen molar-refractivity contribution in [2.75, 3.05) is 24.5 Å². The minimum absolute atomic E-state index is 0.0350. The first-order chi connectivity index (χ1) is 12.5. The van der Waals surface area contributed by atoms with Crippen LogP contribution in [0.15, 0.2) is 36.4 Å². The van der Waals surface area contributed by atoms with Gasteiger partial charge in [0, 0.05) is 25.3 Å². The standard InChI is InChI=1S/C20H23N3O3/c1-3-5-10-22-11-8-15-12-14(6-7-17(15)22)13-16-18(24)21-20(26)23(9-4-2)19(16)25/h4,6-7,12-13H,2-3,5,8-11H2,1H3,(H,21,24,26)/b16-13+. The molecule has 1 saturated heterocycles. The van der Waals surface area contributed by atoms with Gasteiger partial charge in [-0.3, -0.25) is 19.8 Å². The molecule has 0 unspecified atom stereocenters. The van der Waals surface area contributed by atoms with Crippen molar-refractivity contribution in [3.63, 3.8) is 0 Å². The van der Waals surface area contributed by atoms with Crippen LogP contribution < -0.4 is 10.2 Å². The highest BCUT2D eigenvalue weighted by Crippen LogP contribution is 2.30. The van der Waals surface area contributed by atoms with Gasteiger partial charge in [-0.05, 0) is 42.2 Å². The summed E-state index contributed by atoms with van der Waals surface area (Å²) >= 11 is 0. The van der Waals surface area contributed by atoms with Crippen LogP contribution in [-0.4, -0.2) is 42.4 Å². The fraction of sp³-hybridized carbons (Fsp3) is 0.350. The van der Waals surface area contributed by atoms with Gasteiger partial charge in [0.2, 0.25) is 0 Å². The summed E-state index contributed by atoms with van der Waals surface area (Å²) in [5.74, 6) is -1.26. The predicted octanol–water partition coefficient (Wildman–Crippen LogP) is 2.50. The Morgan fingerprint density at radius 3 is 2.81 bits per heavy atom. The summed E-state index contributed by atoms with van der Waals surface area (Å²) in [6.45, 7) is 7.82. The minimum atomic E-state index is -0.711. The van der Waals surface area contributed by atoms with Gasteiger partial charge in [-0.15, -0.1) is 6.58 Å². The molecule has 2 heterocycles. The minimum Gasteiger partial charge on any atom is -0.371 e. The number of carbonyl (C=O) groups excluding carboxylic acids is 3. The number of rotatable bonds is 6. The van der Waals surface area contributed by atoms with Crippen LogP contribution in [0.25, 0.3) is 6.08 Å². The van der Waals surface area contributed by atoms with Crippen molar-refractivity contribution in [2.24, 2.45) is 0 Å². The summed E-state index contributed by atoms with van der Waals surface area (Å²) < 4.78 is 0. The number of urea groups is 1. The second-order valence-corrected chi connectivity index (χ2v) is 6.50. The molecule has 0 radical (unpaired) electrons. The number of nitrogens with one attached hydrogen (secondary N) is 1. The molecule has 2 aliphatic heterocycles. The fourth-order valence-electron chi connectivity index (χ4n) is 3.32. The lowest BCUT2D eigenvalue weighted by Gasteiger charge is -2.25. The summed E-state index contributed by atoms with van der Waals surface area (Å²) in [7, 11) is 0. The number of nitrogens with zero attached hydrogens (tertiary/aromatic N) is 2. The highest BCUT2D eigenvalue weighted by atomic mass is 16.2. The van der Waals surface area contributed by atoms with E-state index in [1.807, 2.05) is 18.2 Å². The Labute approximate surface area is 153 Å². The van der Waals surface area contributed by atoms with Crippen molar-refractivity contribution in [3.05, 3.63) is 47.6 Å². The molecule has 0 saturated carbocycles. The van der Waals surface area contributed by atoms with Gasteiger partial charge in [0.1, 0.15) is 5.57 Å². The van der Waals surface area contributed by atoms with Crippen LogP contribution >= 0.6 is 0 Å². The van der Waals surface area contributed by atoms with Crippen LogP contribution in [0.1, 0.15) is 30.9 Å². The molecule has 6 nitrogen and oxygen atoms in total. The topological polar surface area (TPSA) is 69.7 Å². The largest absolute Gasteiger partial charge is 0.371 e. The number of benzene rings is 1. The zero-order valence-corrected chi connectivity index (χ0v) is 15.0. The summed E-state index contributed by atoms with van der Waals surface area (Å²) in [4.78, 5) is 39.7. The normalized spacial score (nSPS) is 18.3. The number of amides is 4. The molecular formula is C20H23N3O3. The monoisotopic (exact) mass is 353 g/mol. The summed E-state index contributed by atoms with van der Waals surface area (Å²) in [6.07, 6.45) is 6.28. The highest BCUT2D eigenvalue weighted by Gasteiger charge is 2.35. The lowest BCUT2D eigenvalue weighted by molar-refractivity contribution is -0.129. The van der Waals surface area contributed by atoms with E-state index in [0.717, 1.165) is 42.8 Å². The molecule has 1 fully saturated rings. The summed E-state index contributed by atoms with van der Waals surface area (Å²) in [5, 5.41) is 2.20. The predicted molar refractivity (Wildman–Crippen MR) is 101 cm³/mol. The molecular weight excluding hydrogens is 330 g/mol. The number of fused-ring (bicyclic) bond motifs is 1. The van der Waals surface area contributed by atoms with Crippen molar-refractivity contribution in [1.29, 1.82) is 0 Å². The van der Waals surface area contributed by atoms with Crippen LogP contribution in [0.4, 0.5) is 10.5 Å². The second kappa shape index (κ2) is 7.56. The van der Waals surface area contributed by atoms with Crippen molar-refractivity contribution < 1.29 is 14.4 Å². The maximum Gasteiger partial charge on any atom is 0.331 e. The number of carbonyl (C=O) groups is 3. The lowest BCUT2D eigenvalue weighted by Crippen LogP contribution is -2.54. The number of imide groups is 2. The van der Waals surface area contributed by atoms with Crippen LogP contribution in [0.3, 0.4) is 0 Å². The second-order valence-electron chi connectivity index (χ2n) is 6.50. The average Bonchev–Trinajstić information content (AvgIpc) is 3.02. The number of hydrogen-bond acceptors (Lipinski definition) is 4. The van der Waals surface area contributed by atoms with Gasteiger partial charge >= 0.3 is 6.03 Å². The number of unbranched alkanes of at least 4 members (excludes halogenated alkanes) is 1. The van der Waals surface area contributed by atoms with E-state index in [4.69, 9.17) is 0 Å². The maximum atomic E-state index is 12.5. The van der Waals surface area contributed by atoms with E-state index in [1.165, 1.54) is 17.3 Å². The van der Waals surface area contributed by atoms with E-state index in [2.05, 4.69) is 23.7 Å². The first-order valence-corrected chi connectivity index (χ1v) is 8.92. The van der Waals surface area contributed by atoms with Gasteiger partial charge in [0.05, 0.1) is 0 Å². The first-order valence-electron chi connectivity index (χ1n) is 8.92. The molecule has 0 spiro atoms. The van der Waals surface area contributed by atoms with Gasteiger partial charge < -0.3 is 4.90 Å². The van der Waals surface area contributed by atoms with Crippen molar-refractivity contribution in [3.8, 4) is 0 Å². The van der Waals surface area contributed by atoms with Crippen LogP contribution in [-0.2, 0) is 16.0 Å². The summed E-state index contributed by atoms with van der Waals surface area (Å²) in [6, 6.07) is 5.26. The van der Waals surface area contributed by atoms with E-state index in [0.29, 0.717) is 0 Å². The van der Waals surface area contributed by atoms with E-state index in [-0.39, 0.29) is 12.1 Å². The Morgan fingerprint density at radius 1 is 1.27 bits per heavy atom. The van der Waals surface area contributed by atoms with Crippen molar-refractivity contribution in [2.45, 2.75) is 26.2 Å². The number of barbiturate groups is 1. The molecule has 3 rings (SSSR count). The van der Waals surface area contributed by atoms with Gasteiger partial charge in [0.25, 0.3) is 11.8 Å². The molecule has 26 heavy (non-hydrogen) atoms. The quantitative estimate of drug-likeness (QED) is 0.485. The third-order valence-corrected chi connectivity index (χ3v) is 4.69.